The molecule has 106 valence electrons. The molecule has 0 atom stereocenters. The van der Waals surface area contributed by atoms with E-state index in [1.54, 1.807) is 18.5 Å². The van der Waals surface area contributed by atoms with Crippen LogP contribution in [-0.4, -0.2) is 15.7 Å². The van der Waals surface area contributed by atoms with Gasteiger partial charge in [0.15, 0.2) is 0 Å². The zero-order valence-corrected chi connectivity index (χ0v) is 11.8. The maximum absolute atomic E-state index is 13.8. The van der Waals surface area contributed by atoms with E-state index in [0.29, 0.717) is 16.3 Å². The predicted octanol–water partition coefficient (Wildman–Crippen LogP) is 1.94. The SMILES string of the molecule is Cc1nn(Cc2cc(C(=O)NN)ccc2F)c(C)c1Cl. The second-order valence-electron chi connectivity index (χ2n) is 4.42. The highest BCUT2D eigenvalue weighted by atomic mass is 35.5. The number of amides is 1. The van der Waals surface area contributed by atoms with Crippen LogP contribution in [0, 0.1) is 19.7 Å². The van der Waals surface area contributed by atoms with Crippen molar-refractivity contribution in [1.29, 1.82) is 0 Å². The van der Waals surface area contributed by atoms with E-state index in [0.717, 1.165) is 5.69 Å². The minimum Gasteiger partial charge on any atom is -0.290 e. The third-order valence-corrected chi connectivity index (χ3v) is 3.60. The van der Waals surface area contributed by atoms with Crippen molar-refractivity contribution in [2.45, 2.75) is 20.4 Å². The molecule has 0 aliphatic heterocycles. The summed E-state index contributed by atoms with van der Waals surface area (Å²) in [6.45, 7) is 3.77. The van der Waals surface area contributed by atoms with E-state index in [1.807, 2.05) is 5.43 Å². The fraction of sp³-hybridized carbons (Fsp3) is 0.231. The lowest BCUT2D eigenvalue weighted by Gasteiger charge is -2.08. The fourth-order valence-corrected chi connectivity index (χ4v) is 2.05. The lowest BCUT2D eigenvalue weighted by molar-refractivity contribution is 0.0953. The van der Waals surface area contributed by atoms with Gasteiger partial charge in [-0.1, -0.05) is 11.6 Å². The molecule has 2 rings (SSSR count). The van der Waals surface area contributed by atoms with Gasteiger partial charge in [-0.05, 0) is 32.0 Å². The third-order valence-electron chi connectivity index (χ3n) is 3.05. The monoisotopic (exact) mass is 296 g/mol. The molecule has 0 aliphatic rings. The summed E-state index contributed by atoms with van der Waals surface area (Å²) >= 11 is 6.05. The minimum atomic E-state index is -0.474. The summed E-state index contributed by atoms with van der Waals surface area (Å²) in [6, 6.07) is 4.05. The van der Waals surface area contributed by atoms with E-state index < -0.39 is 11.7 Å². The average Bonchev–Trinajstić information content (AvgIpc) is 2.68. The first-order valence-corrected chi connectivity index (χ1v) is 6.30. The second kappa shape index (κ2) is 5.60. The summed E-state index contributed by atoms with van der Waals surface area (Å²) in [4.78, 5) is 11.5. The molecule has 1 aromatic heterocycles. The van der Waals surface area contributed by atoms with Crippen LogP contribution in [0.3, 0.4) is 0 Å². The van der Waals surface area contributed by atoms with Gasteiger partial charge in [0.2, 0.25) is 0 Å². The number of nitrogen functional groups attached to an aromatic ring is 1. The molecular weight excluding hydrogens is 283 g/mol. The Bertz CT molecular complexity index is 669. The molecule has 0 saturated heterocycles. The first kappa shape index (κ1) is 14.5. The van der Waals surface area contributed by atoms with Gasteiger partial charge in [0.1, 0.15) is 5.82 Å². The number of nitrogens with zero attached hydrogens (tertiary/aromatic N) is 2. The Labute approximate surface area is 120 Å². The molecular formula is C13H14ClFN4O. The molecule has 0 saturated carbocycles. The Hall–Kier alpha value is -1.92. The summed E-state index contributed by atoms with van der Waals surface area (Å²) in [5, 5.41) is 4.79. The van der Waals surface area contributed by atoms with Crippen LogP contribution in [0.15, 0.2) is 18.2 Å². The summed E-state index contributed by atoms with van der Waals surface area (Å²) in [5.74, 6) is 4.17. The van der Waals surface area contributed by atoms with Gasteiger partial charge >= 0.3 is 0 Å². The highest BCUT2D eigenvalue weighted by Gasteiger charge is 2.13. The molecule has 7 heteroatoms. The number of carbonyl (C=O) groups is 1. The average molecular weight is 297 g/mol. The van der Waals surface area contributed by atoms with Crippen molar-refractivity contribution in [3.8, 4) is 0 Å². The van der Waals surface area contributed by atoms with Crippen LogP contribution in [0.1, 0.15) is 27.3 Å². The number of aromatic nitrogens is 2. The topological polar surface area (TPSA) is 72.9 Å². The van der Waals surface area contributed by atoms with Crippen molar-refractivity contribution in [3.63, 3.8) is 0 Å². The molecule has 2 aromatic rings. The first-order valence-electron chi connectivity index (χ1n) is 5.93. The van der Waals surface area contributed by atoms with E-state index in [2.05, 4.69) is 5.10 Å². The van der Waals surface area contributed by atoms with Crippen LogP contribution in [0.25, 0.3) is 0 Å². The predicted molar refractivity (Wildman–Crippen MR) is 73.9 cm³/mol. The Morgan fingerprint density at radius 2 is 2.20 bits per heavy atom. The van der Waals surface area contributed by atoms with E-state index in [-0.39, 0.29) is 12.1 Å². The number of hydrogen-bond acceptors (Lipinski definition) is 3. The fourth-order valence-electron chi connectivity index (χ4n) is 1.91. The summed E-state index contributed by atoms with van der Waals surface area (Å²) in [7, 11) is 0. The molecule has 3 N–H and O–H groups in total. The number of hydrazine groups is 1. The molecule has 1 aromatic carbocycles. The molecule has 0 unspecified atom stereocenters. The van der Waals surface area contributed by atoms with Crippen molar-refractivity contribution in [3.05, 3.63) is 51.6 Å². The first-order chi connectivity index (χ1) is 9.43. The minimum absolute atomic E-state index is 0.191. The zero-order valence-electron chi connectivity index (χ0n) is 11.1. The number of nitrogens with two attached hydrogens (primary N) is 1. The highest BCUT2D eigenvalue weighted by Crippen LogP contribution is 2.21. The summed E-state index contributed by atoms with van der Waals surface area (Å²) < 4.78 is 15.4. The van der Waals surface area contributed by atoms with Crippen LogP contribution < -0.4 is 11.3 Å². The van der Waals surface area contributed by atoms with Gasteiger partial charge in [0, 0.05) is 11.1 Å². The molecule has 0 bridgehead atoms. The molecule has 20 heavy (non-hydrogen) atoms. The number of halogens is 2. The normalized spacial score (nSPS) is 10.7. The summed E-state index contributed by atoms with van der Waals surface area (Å²) in [5.41, 5.74) is 4.07. The van der Waals surface area contributed by atoms with Crippen LogP contribution >= 0.6 is 11.6 Å². The Morgan fingerprint density at radius 3 is 2.75 bits per heavy atom. The van der Waals surface area contributed by atoms with Gasteiger partial charge in [-0.25, -0.2) is 10.2 Å². The molecule has 0 spiro atoms. The third kappa shape index (κ3) is 2.66. The quantitative estimate of drug-likeness (QED) is 0.516. The molecule has 0 fully saturated rings. The van der Waals surface area contributed by atoms with Crippen molar-refractivity contribution in [2.75, 3.05) is 0 Å². The molecule has 0 radical (unpaired) electrons. The van der Waals surface area contributed by atoms with Crippen molar-refractivity contribution in [1.82, 2.24) is 15.2 Å². The van der Waals surface area contributed by atoms with E-state index in [9.17, 15) is 9.18 Å². The lowest BCUT2D eigenvalue weighted by atomic mass is 10.1. The van der Waals surface area contributed by atoms with Crippen LogP contribution in [0.4, 0.5) is 4.39 Å². The van der Waals surface area contributed by atoms with Crippen molar-refractivity contribution in [2.24, 2.45) is 5.84 Å². The largest absolute Gasteiger partial charge is 0.290 e. The summed E-state index contributed by atoms with van der Waals surface area (Å²) in [6.07, 6.45) is 0. The van der Waals surface area contributed by atoms with Crippen molar-refractivity contribution < 1.29 is 9.18 Å². The number of nitrogens with one attached hydrogen (secondary N) is 1. The van der Waals surface area contributed by atoms with Gasteiger partial charge in [-0.2, -0.15) is 5.10 Å². The Balaban J connectivity index is 2.37. The van der Waals surface area contributed by atoms with Gasteiger partial charge in [-0.15, -0.1) is 0 Å². The van der Waals surface area contributed by atoms with Gasteiger partial charge in [0.25, 0.3) is 5.91 Å². The maximum atomic E-state index is 13.8. The zero-order chi connectivity index (χ0) is 14.9. The van der Waals surface area contributed by atoms with Crippen LogP contribution in [-0.2, 0) is 6.54 Å². The van der Waals surface area contributed by atoms with Gasteiger partial charge in [-0.3, -0.25) is 14.9 Å². The van der Waals surface area contributed by atoms with Crippen LogP contribution in [0.2, 0.25) is 5.02 Å². The van der Waals surface area contributed by atoms with Crippen molar-refractivity contribution >= 4 is 17.5 Å². The lowest BCUT2D eigenvalue weighted by Crippen LogP contribution is -2.30. The molecule has 1 heterocycles. The van der Waals surface area contributed by atoms with E-state index in [1.165, 1.54) is 18.2 Å². The Morgan fingerprint density at radius 1 is 1.50 bits per heavy atom. The number of carbonyl (C=O) groups excluding carboxylic acids is 1. The van der Waals surface area contributed by atoms with E-state index >= 15 is 0 Å². The standard InChI is InChI=1S/C13H14ClFN4O/c1-7-12(14)8(2)19(18-7)6-10-5-9(13(20)17-16)3-4-11(10)15/h3-5H,6,16H2,1-2H3,(H,17,20). The highest BCUT2D eigenvalue weighted by molar-refractivity contribution is 6.31. The van der Waals surface area contributed by atoms with Gasteiger partial charge in [0.05, 0.1) is 23.0 Å². The van der Waals surface area contributed by atoms with Gasteiger partial charge < -0.3 is 0 Å². The second-order valence-corrected chi connectivity index (χ2v) is 4.80. The number of aryl methyl sites for hydroxylation is 1. The number of rotatable bonds is 3. The van der Waals surface area contributed by atoms with E-state index in [4.69, 9.17) is 17.4 Å². The number of hydrogen-bond donors (Lipinski definition) is 2. The van der Waals surface area contributed by atoms with Crippen LogP contribution in [0.5, 0.6) is 0 Å². The molecule has 0 aliphatic carbocycles. The maximum Gasteiger partial charge on any atom is 0.265 e. The molecule has 5 nitrogen and oxygen atoms in total. The number of benzene rings is 1. The molecule has 1 amide bonds. The smallest absolute Gasteiger partial charge is 0.265 e. The Kier molecular flexibility index (Phi) is 4.06.